The highest BCUT2D eigenvalue weighted by molar-refractivity contribution is 5.85. The van der Waals surface area contributed by atoms with E-state index in [1.54, 1.807) is 0 Å². The van der Waals surface area contributed by atoms with Crippen LogP contribution < -0.4 is 5.32 Å². The van der Waals surface area contributed by atoms with Crippen LogP contribution in [0.4, 0.5) is 0 Å². The van der Waals surface area contributed by atoms with Crippen molar-refractivity contribution < 1.29 is 9.59 Å². The topological polar surface area (TPSA) is 52.7 Å². The Morgan fingerprint density at radius 3 is 2.09 bits per heavy atom. The molecule has 5 nitrogen and oxygen atoms in total. The first-order valence-corrected chi connectivity index (χ1v) is 8.75. The molecule has 1 N–H and O–H groups in total. The molecule has 134 valence electrons. The Hall–Kier alpha value is -0.810. The summed E-state index contributed by atoms with van der Waals surface area (Å²) < 4.78 is 0. The number of nitrogens with one attached hydrogen (secondary N) is 1. The fourth-order valence-electron chi connectivity index (χ4n) is 3.54. The number of halogens is 1. The minimum atomic E-state index is 0. The number of piperidine rings is 2. The number of carbonyl (C=O) groups excluding carboxylic acids is 2. The summed E-state index contributed by atoms with van der Waals surface area (Å²) in [6.07, 6.45) is 3.90. The molecule has 0 aromatic rings. The van der Waals surface area contributed by atoms with Crippen molar-refractivity contribution in [2.45, 2.75) is 39.5 Å². The molecule has 2 aliphatic heterocycles. The first kappa shape index (κ1) is 20.2. The summed E-state index contributed by atoms with van der Waals surface area (Å²) in [4.78, 5) is 28.9. The van der Waals surface area contributed by atoms with E-state index in [9.17, 15) is 9.59 Å². The van der Waals surface area contributed by atoms with Crippen molar-refractivity contribution in [3.8, 4) is 0 Å². The summed E-state index contributed by atoms with van der Waals surface area (Å²) in [5.41, 5.74) is 0. The van der Waals surface area contributed by atoms with Crippen LogP contribution in [0.5, 0.6) is 0 Å². The summed E-state index contributed by atoms with van der Waals surface area (Å²) in [6.45, 7) is 8.23. The Labute approximate surface area is 146 Å². The highest BCUT2D eigenvalue weighted by Crippen LogP contribution is 2.24. The van der Waals surface area contributed by atoms with Crippen molar-refractivity contribution in [2.75, 3.05) is 39.8 Å². The van der Waals surface area contributed by atoms with Gasteiger partial charge < -0.3 is 15.1 Å². The normalized spacial score (nSPS) is 21.7. The number of rotatable bonds is 4. The van der Waals surface area contributed by atoms with E-state index in [0.717, 1.165) is 57.8 Å². The summed E-state index contributed by atoms with van der Waals surface area (Å²) in [6, 6.07) is 0. The van der Waals surface area contributed by atoms with Gasteiger partial charge in [-0.05, 0) is 38.6 Å². The van der Waals surface area contributed by atoms with Crippen LogP contribution in [0, 0.1) is 17.8 Å². The lowest BCUT2D eigenvalue weighted by atomic mass is 9.92. The maximum absolute atomic E-state index is 12.6. The van der Waals surface area contributed by atoms with Crippen molar-refractivity contribution in [3.63, 3.8) is 0 Å². The molecule has 2 rings (SSSR count). The van der Waals surface area contributed by atoms with E-state index in [1.807, 2.05) is 23.8 Å². The minimum absolute atomic E-state index is 0. The molecule has 2 saturated heterocycles. The van der Waals surface area contributed by atoms with E-state index in [0.29, 0.717) is 12.5 Å². The molecule has 0 aromatic heterocycles. The van der Waals surface area contributed by atoms with Gasteiger partial charge >= 0.3 is 0 Å². The third-order valence-electron chi connectivity index (χ3n) is 5.18. The number of carbonyl (C=O) groups is 2. The lowest BCUT2D eigenvalue weighted by Gasteiger charge is -2.37. The maximum atomic E-state index is 12.6. The second-order valence-corrected chi connectivity index (χ2v) is 7.07. The Morgan fingerprint density at radius 1 is 1.04 bits per heavy atom. The zero-order valence-corrected chi connectivity index (χ0v) is 15.5. The van der Waals surface area contributed by atoms with E-state index in [1.165, 1.54) is 0 Å². The van der Waals surface area contributed by atoms with Gasteiger partial charge in [0.05, 0.1) is 0 Å². The van der Waals surface area contributed by atoms with Gasteiger partial charge in [0.1, 0.15) is 0 Å². The minimum Gasteiger partial charge on any atom is -0.342 e. The van der Waals surface area contributed by atoms with Crippen LogP contribution in [0.2, 0.25) is 0 Å². The number of likely N-dealkylation sites (tertiary alicyclic amines) is 2. The molecular weight excluding hydrogens is 314 g/mol. The highest BCUT2D eigenvalue weighted by atomic mass is 35.5. The molecule has 6 heteroatoms. The Morgan fingerprint density at radius 2 is 1.57 bits per heavy atom. The molecule has 0 spiro atoms. The van der Waals surface area contributed by atoms with Gasteiger partial charge in [0.15, 0.2) is 0 Å². The van der Waals surface area contributed by atoms with Crippen molar-refractivity contribution in [1.29, 1.82) is 0 Å². The van der Waals surface area contributed by atoms with Crippen molar-refractivity contribution in [3.05, 3.63) is 0 Å². The van der Waals surface area contributed by atoms with Crippen LogP contribution in [0.3, 0.4) is 0 Å². The van der Waals surface area contributed by atoms with Gasteiger partial charge in [-0.15, -0.1) is 12.4 Å². The summed E-state index contributed by atoms with van der Waals surface area (Å²) in [5, 5.41) is 3.05. The molecule has 2 aliphatic rings. The first-order chi connectivity index (χ1) is 10.5. The van der Waals surface area contributed by atoms with Gasteiger partial charge in [-0.2, -0.15) is 0 Å². The summed E-state index contributed by atoms with van der Waals surface area (Å²) in [5.74, 6) is 1.42. The average Bonchev–Trinajstić information content (AvgIpc) is 2.54. The third kappa shape index (κ3) is 5.35. The average molecular weight is 346 g/mol. The number of amides is 2. The lowest BCUT2D eigenvalue weighted by Crippen LogP contribution is -2.48. The summed E-state index contributed by atoms with van der Waals surface area (Å²) >= 11 is 0. The molecular formula is C17H32ClN3O2. The standard InChI is InChI=1S/C17H31N3O2.ClH/c1-13-4-8-20(9-5-13)17(22)15-6-10-19(11-7-15)16(21)14(2)12-18-3;/h13-15,18H,4-12H2,1-3H3;1H. The largest absolute Gasteiger partial charge is 0.342 e. The SMILES string of the molecule is CNCC(C)C(=O)N1CCC(C(=O)N2CCC(C)CC2)CC1.Cl. The zero-order valence-electron chi connectivity index (χ0n) is 14.7. The van der Waals surface area contributed by atoms with Crippen molar-refractivity contribution in [1.82, 2.24) is 15.1 Å². The molecule has 1 unspecified atom stereocenters. The van der Waals surface area contributed by atoms with Gasteiger partial charge in [-0.3, -0.25) is 9.59 Å². The van der Waals surface area contributed by atoms with Gasteiger partial charge in [-0.1, -0.05) is 13.8 Å². The third-order valence-corrected chi connectivity index (χ3v) is 5.18. The van der Waals surface area contributed by atoms with Crippen LogP contribution in [0.1, 0.15) is 39.5 Å². The molecule has 2 amide bonds. The first-order valence-electron chi connectivity index (χ1n) is 8.75. The lowest BCUT2D eigenvalue weighted by molar-refractivity contribution is -0.143. The van der Waals surface area contributed by atoms with Crippen LogP contribution >= 0.6 is 12.4 Å². The number of hydrogen-bond acceptors (Lipinski definition) is 3. The molecule has 2 heterocycles. The molecule has 1 atom stereocenters. The molecule has 0 radical (unpaired) electrons. The predicted octanol–water partition coefficient (Wildman–Crippen LogP) is 1.76. The van der Waals surface area contributed by atoms with E-state index in [4.69, 9.17) is 0 Å². The Kier molecular flexibility index (Phi) is 8.34. The van der Waals surface area contributed by atoms with E-state index < -0.39 is 0 Å². The molecule has 2 fully saturated rings. The fourth-order valence-corrected chi connectivity index (χ4v) is 3.54. The molecule has 0 aromatic carbocycles. The summed E-state index contributed by atoms with van der Waals surface area (Å²) in [7, 11) is 1.87. The Balaban J connectivity index is 0.00000264. The monoisotopic (exact) mass is 345 g/mol. The fraction of sp³-hybridized carbons (Fsp3) is 0.882. The highest BCUT2D eigenvalue weighted by Gasteiger charge is 2.32. The quantitative estimate of drug-likeness (QED) is 0.844. The molecule has 0 saturated carbocycles. The van der Waals surface area contributed by atoms with Crippen LogP contribution in [-0.2, 0) is 9.59 Å². The van der Waals surface area contributed by atoms with E-state index >= 15 is 0 Å². The van der Waals surface area contributed by atoms with Crippen LogP contribution in [0.15, 0.2) is 0 Å². The van der Waals surface area contributed by atoms with E-state index in [2.05, 4.69) is 12.2 Å². The molecule has 0 aliphatic carbocycles. The number of nitrogens with zero attached hydrogens (tertiary/aromatic N) is 2. The predicted molar refractivity (Wildman–Crippen MR) is 94.6 cm³/mol. The van der Waals surface area contributed by atoms with Gasteiger partial charge in [0, 0.05) is 44.6 Å². The van der Waals surface area contributed by atoms with Crippen LogP contribution in [-0.4, -0.2) is 61.4 Å². The van der Waals surface area contributed by atoms with Gasteiger partial charge in [0.25, 0.3) is 0 Å². The second-order valence-electron chi connectivity index (χ2n) is 7.07. The Bertz CT molecular complexity index is 389. The second kappa shape index (κ2) is 9.48. The van der Waals surface area contributed by atoms with E-state index in [-0.39, 0.29) is 30.2 Å². The smallest absolute Gasteiger partial charge is 0.226 e. The van der Waals surface area contributed by atoms with Crippen molar-refractivity contribution >= 4 is 24.2 Å². The van der Waals surface area contributed by atoms with Crippen molar-refractivity contribution in [2.24, 2.45) is 17.8 Å². The molecule has 23 heavy (non-hydrogen) atoms. The molecule has 0 bridgehead atoms. The zero-order chi connectivity index (χ0) is 16.1. The van der Waals surface area contributed by atoms with Gasteiger partial charge in [-0.25, -0.2) is 0 Å². The van der Waals surface area contributed by atoms with Crippen LogP contribution in [0.25, 0.3) is 0 Å². The number of hydrogen-bond donors (Lipinski definition) is 1. The van der Waals surface area contributed by atoms with Gasteiger partial charge in [0.2, 0.25) is 11.8 Å². The maximum Gasteiger partial charge on any atom is 0.226 e.